The number of ether oxygens (including phenoxy) is 1. The topological polar surface area (TPSA) is 110 Å². The van der Waals surface area contributed by atoms with Gasteiger partial charge in [-0.2, -0.15) is 4.31 Å². The molecule has 0 unspecified atom stereocenters. The summed E-state index contributed by atoms with van der Waals surface area (Å²) in [6, 6.07) is 11.9. The molecule has 1 amide bonds. The number of nitro groups is 1. The summed E-state index contributed by atoms with van der Waals surface area (Å²) < 4.78 is 33.1. The third kappa shape index (κ3) is 5.11. The Morgan fingerprint density at radius 3 is 2.17 bits per heavy atom. The number of carbonyl (C=O) groups excluding carboxylic acids is 1. The highest BCUT2D eigenvalue weighted by atomic mass is 79.9. The van der Waals surface area contributed by atoms with Crippen LogP contribution in [0.3, 0.4) is 0 Å². The van der Waals surface area contributed by atoms with E-state index in [1.54, 1.807) is 17.0 Å². The monoisotopic (exact) mass is 483 g/mol. The number of nitrogens with zero attached hydrogens (tertiary/aromatic N) is 3. The lowest BCUT2D eigenvalue weighted by Crippen LogP contribution is -2.51. The first-order valence-corrected chi connectivity index (χ1v) is 10.9. The van der Waals surface area contributed by atoms with E-state index in [9.17, 15) is 23.3 Å². The molecule has 1 aliphatic heterocycles. The molecule has 154 valence electrons. The van der Waals surface area contributed by atoms with E-state index in [0.717, 1.165) is 16.6 Å². The number of rotatable bonds is 6. The Morgan fingerprint density at radius 2 is 1.62 bits per heavy atom. The van der Waals surface area contributed by atoms with Crippen LogP contribution in [0.1, 0.15) is 0 Å². The molecule has 0 N–H and O–H groups in total. The molecule has 1 aliphatic rings. The van der Waals surface area contributed by atoms with Gasteiger partial charge in [0.2, 0.25) is 10.0 Å². The van der Waals surface area contributed by atoms with Crippen molar-refractivity contribution in [1.82, 2.24) is 9.21 Å². The number of piperazine rings is 1. The van der Waals surface area contributed by atoms with Gasteiger partial charge in [0.25, 0.3) is 11.6 Å². The van der Waals surface area contributed by atoms with Crippen molar-refractivity contribution in [1.29, 1.82) is 0 Å². The summed E-state index contributed by atoms with van der Waals surface area (Å²) in [6.07, 6.45) is 0. The van der Waals surface area contributed by atoms with Gasteiger partial charge in [-0.05, 0) is 36.4 Å². The van der Waals surface area contributed by atoms with Crippen LogP contribution in [0.5, 0.6) is 5.75 Å². The van der Waals surface area contributed by atoms with Gasteiger partial charge in [-0.3, -0.25) is 14.9 Å². The van der Waals surface area contributed by atoms with Crippen LogP contribution >= 0.6 is 15.9 Å². The Balaban J connectivity index is 1.55. The van der Waals surface area contributed by atoms with Gasteiger partial charge in [-0.1, -0.05) is 15.9 Å². The van der Waals surface area contributed by atoms with E-state index in [1.165, 1.54) is 16.4 Å². The van der Waals surface area contributed by atoms with E-state index < -0.39 is 14.9 Å². The smallest absolute Gasteiger partial charge is 0.269 e. The van der Waals surface area contributed by atoms with Crippen LogP contribution in [-0.4, -0.2) is 61.2 Å². The fraction of sp³-hybridized carbons (Fsp3) is 0.278. The van der Waals surface area contributed by atoms with Gasteiger partial charge in [0.1, 0.15) is 5.75 Å². The van der Waals surface area contributed by atoms with E-state index in [1.807, 2.05) is 12.1 Å². The van der Waals surface area contributed by atoms with Gasteiger partial charge < -0.3 is 9.64 Å². The highest BCUT2D eigenvalue weighted by Gasteiger charge is 2.30. The summed E-state index contributed by atoms with van der Waals surface area (Å²) >= 11 is 3.32. The molecule has 0 aliphatic carbocycles. The van der Waals surface area contributed by atoms with Crippen LogP contribution < -0.4 is 4.74 Å². The van der Waals surface area contributed by atoms with Crippen molar-refractivity contribution < 1.29 is 22.9 Å². The lowest BCUT2D eigenvalue weighted by atomic mass is 10.3. The summed E-state index contributed by atoms with van der Waals surface area (Å²) in [5.41, 5.74) is -0.176. The number of nitro benzene ring substituents is 1. The van der Waals surface area contributed by atoms with E-state index in [0.29, 0.717) is 5.75 Å². The molecule has 2 aromatic rings. The molecule has 11 heteroatoms. The molecule has 1 heterocycles. The van der Waals surface area contributed by atoms with Crippen molar-refractivity contribution in [2.75, 3.05) is 32.8 Å². The van der Waals surface area contributed by atoms with Crippen LogP contribution in [0.2, 0.25) is 0 Å². The predicted octanol–water partition coefficient (Wildman–Crippen LogP) is 2.27. The number of hydrogen-bond donors (Lipinski definition) is 0. The van der Waals surface area contributed by atoms with Gasteiger partial charge in [0.05, 0.1) is 9.82 Å². The van der Waals surface area contributed by atoms with E-state index in [2.05, 4.69) is 15.9 Å². The van der Waals surface area contributed by atoms with E-state index >= 15 is 0 Å². The van der Waals surface area contributed by atoms with Crippen molar-refractivity contribution in [2.24, 2.45) is 0 Å². The van der Waals surface area contributed by atoms with Crippen LogP contribution in [0.25, 0.3) is 0 Å². The number of amides is 1. The first-order valence-electron chi connectivity index (χ1n) is 8.68. The summed E-state index contributed by atoms with van der Waals surface area (Å²) in [6.45, 7) is 0.646. The number of carbonyl (C=O) groups is 1. The van der Waals surface area contributed by atoms with Gasteiger partial charge in [0, 0.05) is 42.8 Å². The average molecular weight is 484 g/mol. The Bertz CT molecular complexity index is 987. The van der Waals surface area contributed by atoms with Gasteiger partial charge >= 0.3 is 0 Å². The molecule has 1 fully saturated rings. The molecule has 3 rings (SSSR count). The van der Waals surface area contributed by atoms with Crippen molar-refractivity contribution in [3.05, 3.63) is 63.1 Å². The molecule has 0 aromatic heterocycles. The zero-order valence-corrected chi connectivity index (χ0v) is 17.6. The second-order valence-electron chi connectivity index (χ2n) is 6.28. The highest BCUT2D eigenvalue weighted by Crippen LogP contribution is 2.21. The molecule has 29 heavy (non-hydrogen) atoms. The van der Waals surface area contributed by atoms with Gasteiger partial charge in [-0.25, -0.2) is 8.42 Å². The van der Waals surface area contributed by atoms with Crippen molar-refractivity contribution in [2.45, 2.75) is 4.90 Å². The summed E-state index contributed by atoms with van der Waals surface area (Å²) in [5, 5.41) is 10.7. The molecule has 0 bridgehead atoms. The molecular weight excluding hydrogens is 466 g/mol. The molecule has 0 radical (unpaired) electrons. The zero-order valence-electron chi connectivity index (χ0n) is 15.2. The van der Waals surface area contributed by atoms with E-state index in [4.69, 9.17) is 4.74 Å². The molecule has 1 saturated heterocycles. The maximum absolute atomic E-state index is 12.7. The largest absolute Gasteiger partial charge is 0.484 e. The third-order valence-electron chi connectivity index (χ3n) is 4.45. The Labute approximate surface area is 176 Å². The van der Waals surface area contributed by atoms with E-state index in [-0.39, 0.29) is 49.3 Å². The fourth-order valence-corrected chi connectivity index (χ4v) is 4.52. The first kappa shape index (κ1) is 21.2. The predicted molar refractivity (Wildman–Crippen MR) is 108 cm³/mol. The van der Waals surface area contributed by atoms with Crippen LogP contribution in [0.4, 0.5) is 5.69 Å². The lowest BCUT2D eigenvalue weighted by Gasteiger charge is -2.33. The summed E-state index contributed by atoms with van der Waals surface area (Å²) in [7, 11) is -3.78. The Morgan fingerprint density at radius 1 is 1.03 bits per heavy atom. The standard InChI is InChI=1S/C18H18BrN3O6S/c19-14-1-5-16(6-2-14)28-13-18(23)20-9-11-21(12-10-20)29(26,27)17-7-3-15(4-8-17)22(24)25/h1-8H,9-13H2. The molecular formula is C18H18BrN3O6S. The summed E-state index contributed by atoms with van der Waals surface area (Å²) in [4.78, 5) is 24.0. The maximum Gasteiger partial charge on any atom is 0.269 e. The average Bonchev–Trinajstić information content (AvgIpc) is 2.73. The second-order valence-corrected chi connectivity index (χ2v) is 9.13. The number of halogens is 1. The molecule has 0 saturated carbocycles. The molecule has 9 nitrogen and oxygen atoms in total. The van der Waals surface area contributed by atoms with Gasteiger partial charge in [0.15, 0.2) is 6.61 Å². The minimum absolute atomic E-state index is 0.0125. The Hall–Kier alpha value is -2.50. The molecule has 0 spiro atoms. The highest BCUT2D eigenvalue weighted by molar-refractivity contribution is 9.10. The molecule has 2 aromatic carbocycles. The number of hydrogen-bond acceptors (Lipinski definition) is 6. The van der Waals surface area contributed by atoms with Crippen molar-refractivity contribution >= 4 is 37.5 Å². The quantitative estimate of drug-likeness (QED) is 0.460. The minimum Gasteiger partial charge on any atom is -0.484 e. The first-order chi connectivity index (χ1) is 13.8. The number of benzene rings is 2. The number of sulfonamides is 1. The SMILES string of the molecule is O=C(COc1ccc(Br)cc1)N1CCN(S(=O)(=O)c2ccc([N+](=O)[O-])cc2)CC1. The zero-order chi connectivity index (χ0) is 21.0. The van der Waals surface area contributed by atoms with Crippen LogP contribution in [0.15, 0.2) is 57.9 Å². The van der Waals surface area contributed by atoms with Crippen LogP contribution in [0, 0.1) is 10.1 Å². The minimum atomic E-state index is -3.78. The van der Waals surface area contributed by atoms with Gasteiger partial charge in [-0.15, -0.1) is 0 Å². The second kappa shape index (κ2) is 8.89. The summed E-state index contributed by atoms with van der Waals surface area (Å²) in [5.74, 6) is 0.348. The molecule has 0 atom stereocenters. The maximum atomic E-state index is 12.7. The normalized spacial score (nSPS) is 15.1. The number of non-ortho nitro benzene ring substituents is 1. The van der Waals surface area contributed by atoms with Crippen LogP contribution in [-0.2, 0) is 14.8 Å². The fourth-order valence-electron chi connectivity index (χ4n) is 2.83. The van der Waals surface area contributed by atoms with Crippen molar-refractivity contribution in [3.8, 4) is 5.75 Å². The third-order valence-corrected chi connectivity index (χ3v) is 6.89. The lowest BCUT2D eigenvalue weighted by molar-refractivity contribution is -0.384. The van der Waals surface area contributed by atoms with Crippen molar-refractivity contribution in [3.63, 3.8) is 0 Å². The Kier molecular flexibility index (Phi) is 6.50.